The standard InChI is InChI=1S/C27H26N2O5/c1-4-16(2)25(31)34-26(3)10-5-6-20(17-9-11-29-23(28)13-17)27(26)15-19-12-18-7-8-24(30)32-21(18)14-22(19)33-27/h4-9,11-14,20H,10,15H2,1-3H3,(H2,28,29)/b16-4+/t20-,26+,27+/m0/s1. The van der Waals surface area contributed by atoms with Crippen LogP contribution in [0.4, 0.5) is 5.82 Å². The second kappa shape index (κ2) is 7.87. The van der Waals surface area contributed by atoms with Gasteiger partial charge in [-0.05, 0) is 56.2 Å². The van der Waals surface area contributed by atoms with Crippen molar-refractivity contribution in [1.82, 2.24) is 4.98 Å². The van der Waals surface area contributed by atoms with E-state index in [1.54, 1.807) is 38.3 Å². The summed E-state index contributed by atoms with van der Waals surface area (Å²) in [6, 6.07) is 10.6. The molecule has 5 rings (SSSR count). The van der Waals surface area contributed by atoms with Crippen LogP contribution in [0.5, 0.6) is 5.75 Å². The van der Waals surface area contributed by atoms with Gasteiger partial charge in [-0.15, -0.1) is 0 Å². The minimum absolute atomic E-state index is 0.266. The van der Waals surface area contributed by atoms with Gasteiger partial charge in [0.15, 0.2) is 11.2 Å². The molecule has 0 fully saturated rings. The molecule has 3 aromatic rings. The maximum absolute atomic E-state index is 12.9. The molecule has 2 aliphatic rings. The quantitative estimate of drug-likeness (QED) is 0.267. The van der Waals surface area contributed by atoms with Gasteiger partial charge in [-0.1, -0.05) is 18.2 Å². The summed E-state index contributed by atoms with van der Waals surface area (Å²) in [5.74, 6) is 0.355. The van der Waals surface area contributed by atoms with Crippen LogP contribution in [0.2, 0.25) is 0 Å². The largest absolute Gasteiger partial charge is 0.481 e. The highest BCUT2D eigenvalue weighted by Gasteiger charge is 2.61. The lowest BCUT2D eigenvalue weighted by Crippen LogP contribution is -2.62. The lowest BCUT2D eigenvalue weighted by atomic mass is 9.65. The summed E-state index contributed by atoms with van der Waals surface area (Å²) < 4.78 is 18.3. The number of hydrogen-bond acceptors (Lipinski definition) is 7. The number of rotatable bonds is 3. The maximum atomic E-state index is 12.9. The molecular formula is C27H26N2O5. The van der Waals surface area contributed by atoms with E-state index in [9.17, 15) is 9.59 Å². The number of fused-ring (bicyclic) bond motifs is 2. The summed E-state index contributed by atoms with van der Waals surface area (Å²) in [6.07, 6.45) is 8.48. The molecule has 0 saturated heterocycles. The van der Waals surface area contributed by atoms with Crippen molar-refractivity contribution in [2.24, 2.45) is 0 Å². The third kappa shape index (κ3) is 3.39. The molecule has 0 bridgehead atoms. The van der Waals surface area contributed by atoms with Crippen molar-refractivity contribution in [3.8, 4) is 5.75 Å². The topological polar surface area (TPSA) is 105 Å². The molecule has 3 atom stereocenters. The van der Waals surface area contributed by atoms with Crippen molar-refractivity contribution in [3.63, 3.8) is 0 Å². The van der Waals surface area contributed by atoms with E-state index in [2.05, 4.69) is 11.1 Å². The lowest BCUT2D eigenvalue weighted by molar-refractivity contribution is -0.182. The van der Waals surface area contributed by atoms with E-state index >= 15 is 0 Å². The van der Waals surface area contributed by atoms with Gasteiger partial charge in [-0.2, -0.15) is 0 Å². The van der Waals surface area contributed by atoms with Crippen molar-refractivity contribution < 1.29 is 18.7 Å². The van der Waals surface area contributed by atoms with E-state index in [0.29, 0.717) is 35.6 Å². The number of pyridine rings is 1. The molecule has 2 aromatic heterocycles. The van der Waals surface area contributed by atoms with Gasteiger partial charge in [0.2, 0.25) is 0 Å². The zero-order valence-corrected chi connectivity index (χ0v) is 19.3. The molecule has 7 heteroatoms. The van der Waals surface area contributed by atoms with Crippen molar-refractivity contribution in [3.05, 3.63) is 87.9 Å². The third-order valence-corrected chi connectivity index (χ3v) is 7.02. The Morgan fingerprint density at radius 1 is 1.26 bits per heavy atom. The summed E-state index contributed by atoms with van der Waals surface area (Å²) in [5.41, 5.74) is 6.50. The number of allylic oxidation sites excluding steroid dienone is 1. The number of ether oxygens (including phenoxy) is 2. The molecule has 0 unspecified atom stereocenters. The fraction of sp³-hybridized carbons (Fsp3) is 0.296. The molecule has 2 N–H and O–H groups in total. The Hall–Kier alpha value is -3.87. The predicted molar refractivity (Wildman–Crippen MR) is 129 cm³/mol. The summed E-state index contributed by atoms with van der Waals surface area (Å²) >= 11 is 0. The first-order valence-electron chi connectivity index (χ1n) is 11.2. The van der Waals surface area contributed by atoms with Crippen molar-refractivity contribution in [2.45, 2.75) is 50.7 Å². The van der Waals surface area contributed by atoms with Crippen LogP contribution in [0, 0.1) is 0 Å². The Bertz CT molecular complexity index is 1420. The summed E-state index contributed by atoms with van der Waals surface area (Å²) in [6.45, 7) is 5.46. The van der Waals surface area contributed by atoms with E-state index in [0.717, 1.165) is 16.5 Å². The highest BCUT2D eigenvalue weighted by Crippen LogP contribution is 2.54. The predicted octanol–water partition coefficient (Wildman–Crippen LogP) is 4.46. The zero-order valence-electron chi connectivity index (χ0n) is 19.3. The van der Waals surface area contributed by atoms with E-state index < -0.39 is 16.8 Å². The number of nitrogens with two attached hydrogens (primary N) is 1. The van der Waals surface area contributed by atoms with Crippen molar-refractivity contribution in [2.75, 3.05) is 5.73 Å². The van der Waals surface area contributed by atoms with Gasteiger partial charge in [0.1, 0.15) is 17.2 Å². The van der Waals surface area contributed by atoms with E-state index in [1.807, 2.05) is 31.2 Å². The molecule has 1 spiro atoms. The second-order valence-electron chi connectivity index (χ2n) is 9.14. The molecular weight excluding hydrogens is 432 g/mol. The van der Waals surface area contributed by atoms with Crippen LogP contribution in [0.1, 0.15) is 44.2 Å². The molecule has 0 radical (unpaired) electrons. The number of hydrogen-bond donors (Lipinski definition) is 1. The molecule has 1 aromatic carbocycles. The molecule has 34 heavy (non-hydrogen) atoms. The number of benzene rings is 1. The number of nitrogens with zero attached hydrogens (tertiary/aromatic N) is 1. The molecule has 1 aliphatic heterocycles. The van der Waals surface area contributed by atoms with Crippen LogP contribution >= 0.6 is 0 Å². The average molecular weight is 459 g/mol. The molecule has 0 saturated carbocycles. The van der Waals surface area contributed by atoms with Crippen LogP contribution < -0.4 is 16.1 Å². The first-order valence-corrected chi connectivity index (χ1v) is 11.2. The molecule has 174 valence electrons. The fourth-order valence-corrected chi connectivity index (χ4v) is 5.02. The van der Waals surface area contributed by atoms with Gasteiger partial charge in [-0.3, -0.25) is 0 Å². The third-order valence-electron chi connectivity index (χ3n) is 7.02. The first-order chi connectivity index (χ1) is 16.2. The van der Waals surface area contributed by atoms with Crippen molar-refractivity contribution in [1.29, 1.82) is 0 Å². The van der Waals surface area contributed by atoms with Crippen LogP contribution in [-0.2, 0) is 16.0 Å². The van der Waals surface area contributed by atoms with E-state index in [-0.39, 0.29) is 11.9 Å². The highest BCUT2D eigenvalue weighted by atomic mass is 16.6. The monoisotopic (exact) mass is 458 g/mol. The summed E-state index contributed by atoms with van der Waals surface area (Å²) in [4.78, 5) is 28.8. The summed E-state index contributed by atoms with van der Waals surface area (Å²) in [7, 11) is 0. The second-order valence-corrected chi connectivity index (χ2v) is 9.14. The lowest BCUT2D eigenvalue weighted by Gasteiger charge is -2.50. The van der Waals surface area contributed by atoms with Gasteiger partial charge in [0.05, 0.1) is 0 Å². The van der Waals surface area contributed by atoms with Crippen molar-refractivity contribution >= 4 is 22.8 Å². The van der Waals surface area contributed by atoms with E-state index in [4.69, 9.17) is 19.6 Å². The number of anilines is 1. The molecule has 1 aliphatic carbocycles. The van der Waals surface area contributed by atoms with Gasteiger partial charge in [-0.25, -0.2) is 14.6 Å². The molecule has 3 heterocycles. The van der Waals surface area contributed by atoms with Gasteiger partial charge in [0.25, 0.3) is 0 Å². The number of carbonyl (C=O) groups is 1. The minimum Gasteiger partial charge on any atom is -0.481 e. The number of esters is 1. The average Bonchev–Trinajstić information content (AvgIpc) is 3.18. The van der Waals surface area contributed by atoms with Crippen LogP contribution in [0.25, 0.3) is 11.0 Å². The first kappa shape index (κ1) is 21.9. The van der Waals surface area contributed by atoms with Crippen LogP contribution in [0.3, 0.4) is 0 Å². The van der Waals surface area contributed by atoms with Gasteiger partial charge < -0.3 is 19.6 Å². The number of aromatic nitrogens is 1. The Balaban J connectivity index is 1.67. The maximum Gasteiger partial charge on any atom is 0.336 e. The van der Waals surface area contributed by atoms with Gasteiger partial charge >= 0.3 is 11.6 Å². The minimum atomic E-state index is -0.988. The fourth-order valence-electron chi connectivity index (χ4n) is 5.02. The van der Waals surface area contributed by atoms with E-state index in [1.165, 1.54) is 6.07 Å². The Kier molecular flexibility index (Phi) is 5.08. The Morgan fingerprint density at radius 2 is 2.09 bits per heavy atom. The highest BCUT2D eigenvalue weighted by molar-refractivity contribution is 5.88. The Labute approximate surface area is 196 Å². The number of nitrogen functional groups attached to an aromatic ring is 1. The van der Waals surface area contributed by atoms with Crippen LogP contribution in [0.15, 0.2) is 75.6 Å². The van der Waals surface area contributed by atoms with Crippen LogP contribution in [-0.4, -0.2) is 22.2 Å². The molecule has 0 amide bonds. The summed E-state index contributed by atoms with van der Waals surface area (Å²) in [5, 5.41) is 0.804. The normalized spacial score (nSPS) is 25.9. The zero-order chi connectivity index (χ0) is 24.1. The Morgan fingerprint density at radius 3 is 2.85 bits per heavy atom. The SMILES string of the molecule is C/C=C(\C)C(=O)O[C@]1(C)CC=C[C@@H](c2ccnc(N)c2)[C@]12Cc1cc3ccc(=O)oc3cc1O2. The number of carbonyl (C=O) groups excluding carboxylic acids is 1. The molecule has 7 nitrogen and oxygen atoms in total. The van der Waals surface area contributed by atoms with Gasteiger partial charge in [0, 0.05) is 48.0 Å². The smallest absolute Gasteiger partial charge is 0.336 e.